The molecule has 0 fully saturated rings. The van der Waals surface area contributed by atoms with Crippen LogP contribution in [0.25, 0.3) is 10.8 Å². The number of nitrogens with zero attached hydrogens (tertiary/aromatic N) is 1. The summed E-state index contributed by atoms with van der Waals surface area (Å²) in [5, 5.41) is 16.3. The number of rotatable bonds is 3. The molecule has 110 valence electrons. The van der Waals surface area contributed by atoms with Crippen LogP contribution in [0.3, 0.4) is 0 Å². The van der Waals surface area contributed by atoms with E-state index in [4.69, 9.17) is 4.74 Å². The molecule has 0 atom stereocenters. The van der Waals surface area contributed by atoms with Gasteiger partial charge in [-0.3, -0.25) is 5.43 Å². The molecule has 0 aliphatic heterocycles. The third kappa shape index (κ3) is 2.72. The third-order valence-corrected chi connectivity index (χ3v) is 3.39. The van der Waals surface area contributed by atoms with Crippen LogP contribution < -0.4 is 5.43 Å². The molecule has 0 saturated carbocycles. The van der Waals surface area contributed by atoms with Crippen LogP contribution in [0.5, 0.6) is 5.75 Å². The molecule has 0 aliphatic carbocycles. The van der Waals surface area contributed by atoms with Gasteiger partial charge in [0.15, 0.2) is 0 Å². The molecule has 0 aliphatic rings. The first kappa shape index (κ1) is 13.9. The Bertz CT molecular complexity index is 814. The fourth-order valence-electron chi connectivity index (χ4n) is 2.29. The second-order valence-electron chi connectivity index (χ2n) is 4.78. The normalized spacial score (nSPS) is 11.4. The number of nitrogens with one attached hydrogen (secondary N) is 1. The maximum absolute atomic E-state index is 10.1. The highest BCUT2D eigenvalue weighted by Gasteiger charge is 2.07. The van der Waals surface area contributed by atoms with Crippen LogP contribution in [-0.4, -0.2) is 18.1 Å². The molecule has 0 aromatic heterocycles. The fourth-order valence-corrected chi connectivity index (χ4v) is 2.29. The maximum Gasteiger partial charge on any atom is 0.238 e. The first-order valence-corrected chi connectivity index (χ1v) is 6.93. The molecule has 2 N–H and O–H groups in total. The van der Waals surface area contributed by atoms with E-state index >= 15 is 0 Å². The summed E-state index contributed by atoms with van der Waals surface area (Å²) < 4.78 is 5.32. The lowest BCUT2D eigenvalue weighted by Gasteiger charge is -2.10. The molecule has 0 radical (unpaired) electrons. The quantitative estimate of drug-likeness (QED) is 0.332. The van der Waals surface area contributed by atoms with Gasteiger partial charge in [-0.1, -0.05) is 48.5 Å². The summed E-state index contributed by atoms with van der Waals surface area (Å²) in [5.74, 6) is 0.596. The van der Waals surface area contributed by atoms with Crippen molar-refractivity contribution in [2.75, 3.05) is 12.5 Å². The van der Waals surface area contributed by atoms with Crippen molar-refractivity contribution in [2.24, 2.45) is 5.10 Å². The Labute approximate surface area is 128 Å². The van der Waals surface area contributed by atoms with Gasteiger partial charge >= 0.3 is 0 Å². The van der Waals surface area contributed by atoms with Crippen molar-refractivity contribution in [3.63, 3.8) is 0 Å². The Morgan fingerprint density at radius 1 is 0.955 bits per heavy atom. The Kier molecular flexibility index (Phi) is 3.92. The standard InChI is InChI=1S/C18H16N2O2/c1-22-18(14-8-3-2-4-9-14)20-19-17-15-10-6-5-7-13(15)11-12-16(17)21/h2-12,19,21H,1H3. The van der Waals surface area contributed by atoms with Crippen molar-refractivity contribution < 1.29 is 9.84 Å². The van der Waals surface area contributed by atoms with E-state index < -0.39 is 0 Å². The van der Waals surface area contributed by atoms with E-state index in [9.17, 15) is 5.11 Å². The summed E-state index contributed by atoms with van der Waals surface area (Å²) in [6, 6.07) is 20.9. The van der Waals surface area contributed by atoms with Crippen molar-refractivity contribution in [3.05, 3.63) is 72.3 Å². The summed E-state index contributed by atoms with van der Waals surface area (Å²) in [6.07, 6.45) is 0. The fraction of sp³-hybridized carbons (Fsp3) is 0.0556. The zero-order valence-corrected chi connectivity index (χ0v) is 12.2. The predicted molar refractivity (Wildman–Crippen MR) is 89.2 cm³/mol. The number of aromatic hydroxyl groups is 1. The Hall–Kier alpha value is -3.01. The molecule has 3 aromatic carbocycles. The van der Waals surface area contributed by atoms with E-state index in [1.54, 1.807) is 13.2 Å². The maximum atomic E-state index is 10.1. The molecule has 4 nitrogen and oxygen atoms in total. The zero-order chi connectivity index (χ0) is 15.4. The second-order valence-corrected chi connectivity index (χ2v) is 4.78. The largest absolute Gasteiger partial charge is 0.506 e. The van der Waals surface area contributed by atoms with Crippen LogP contribution in [0, 0.1) is 0 Å². The van der Waals surface area contributed by atoms with Crippen molar-refractivity contribution >= 4 is 22.4 Å². The summed E-state index contributed by atoms with van der Waals surface area (Å²) in [6.45, 7) is 0. The highest BCUT2D eigenvalue weighted by Crippen LogP contribution is 2.32. The van der Waals surface area contributed by atoms with Crippen molar-refractivity contribution in [1.29, 1.82) is 0 Å². The lowest BCUT2D eigenvalue weighted by Crippen LogP contribution is -2.06. The Morgan fingerprint density at radius 3 is 2.45 bits per heavy atom. The summed E-state index contributed by atoms with van der Waals surface area (Å²) in [4.78, 5) is 0. The van der Waals surface area contributed by atoms with E-state index in [1.165, 1.54) is 0 Å². The van der Waals surface area contributed by atoms with E-state index in [1.807, 2.05) is 60.7 Å². The highest BCUT2D eigenvalue weighted by atomic mass is 16.5. The van der Waals surface area contributed by atoms with Gasteiger partial charge in [-0.15, -0.1) is 5.10 Å². The highest BCUT2D eigenvalue weighted by molar-refractivity contribution is 5.98. The number of hydrogen-bond donors (Lipinski definition) is 2. The predicted octanol–water partition coefficient (Wildman–Crippen LogP) is 3.97. The van der Waals surface area contributed by atoms with Crippen LogP contribution in [0.1, 0.15) is 5.56 Å². The molecular weight excluding hydrogens is 276 g/mol. The minimum absolute atomic E-state index is 0.144. The van der Waals surface area contributed by atoms with Crippen LogP contribution in [0.2, 0.25) is 0 Å². The van der Waals surface area contributed by atoms with Gasteiger partial charge in [0, 0.05) is 10.9 Å². The summed E-state index contributed by atoms with van der Waals surface area (Å²) in [7, 11) is 1.57. The molecule has 0 saturated heterocycles. The number of hydrazone groups is 1. The lowest BCUT2D eigenvalue weighted by atomic mass is 10.1. The Balaban J connectivity index is 1.99. The first-order chi connectivity index (χ1) is 10.8. The molecule has 22 heavy (non-hydrogen) atoms. The molecule has 3 rings (SSSR count). The van der Waals surface area contributed by atoms with Crippen LogP contribution in [-0.2, 0) is 4.74 Å². The smallest absolute Gasteiger partial charge is 0.238 e. The van der Waals surface area contributed by atoms with Crippen molar-refractivity contribution in [1.82, 2.24) is 0 Å². The number of phenols is 1. The molecule has 0 heterocycles. The van der Waals surface area contributed by atoms with Gasteiger partial charge in [0.25, 0.3) is 0 Å². The van der Waals surface area contributed by atoms with Gasteiger partial charge in [0.05, 0.1) is 7.11 Å². The van der Waals surface area contributed by atoms with Gasteiger partial charge in [0.2, 0.25) is 5.90 Å². The molecule has 0 amide bonds. The number of methoxy groups -OCH3 is 1. The van der Waals surface area contributed by atoms with E-state index in [-0.39, 0.29) is 5.75 Å². The van der Waals surface area contributed by atoms with Crippen LogP contribution in [0.4, 0.5) is 5.69 Å². The van der Waals surface area contributed by atoms with Gasteiger partial charge in [0.1, 0.15) is 11.4 Å². The van der Waals surface area contributed by atoms with Gasteiger partial charge in [-0.25, -0.2) is 0 Å². The van der Waals surface area contributed by atoms with Gasteiger partial charge in [-0.05, 0) is 23.6 Å². The molecule has 3 aromatic rings. The number of anilines is 1. The van der Waals surface area contributed by atoms with Gasteiger partial charge in [-0.2, -0.15) is 0 Å². The first-order valence-electron chi connectivity index (χ1n) is 6.93. The number of benzene rings is 3. The Morgan fingerprint density at radius 2 is 1.68 bits per heavy atom. The zero-order valence-electron chi connectivity index (χ0n) is 12.2. The summed E-state index contributed by atoms with van der Waals surface area (Å²) >= 11 is 0. The van der Waals surface area contributed by atoms with Crippen molar-refractivity contribution in [2.45, 2.75) is 0 Å². The summed E-state index contributed by atoms with van der Waals surface area (Å²) in [5.41, 5.74) is 4.34. The lowest BCUT2D eigenvalue weighted by molar-refractivity contribution is 0.404. The van der Waals surface area contributed by atoms with E-state index in [0.29, 0.717) is 11.6 Å². The number of fused-ring (bicyclic) bond motifs is 1. The minimum Gasteiger partial charge on any atom is -0.506 e. The number of hydrogen-bond acceptors (Lipinski definition) is 4. The van der Waals surface area contributed by atoms with E-state index in [0.717, 1.165) is 16.3 Å². The second kappa shape index (κ2) is 6.18. The monoisotopic (exact) mass is 292 g/mol. The third-order valence-electron chi connectivity index (χ3n) is 3.39. The SMILES string of the molecule is COC(=NNc1c(O)ccc2ccccc12)c1ccccc1. The van der Waals surface area contributed by atoms with Crippen molar-refractivity contribution in [3.8, 4) is 5.75 Å². The molecule has 0 bridgehead atoms. The number of ether oxygens (including phenoxy) is 1. The molecule has 0 spiro atoms. The number of phenolic OH excluding ortho intramolecular Hbond substituents is 1. The van der Waals surface area contributed by atoms with Crippen LogP contribution >= 0.6 is 0 Å². The van der Waals surface area contributed by atoms with Gasteiger partial charge < -0.3 is 9.84 Å². The topological polar surface area (TPSA) is 53.8 Å². The van der Waals surface area contributed by atoms with Crippen LogP contribution in [0.15, 0.2) is 71.8 Å². The molecular formula is C18H16N2O2. The van der Waals surface area contributed by atoms with E-state index in [2.05, 4.69) is 10.5 Å². The average molecular weight is 292 g/mol. The molecule has 4 heteroatoms. The average Bonchev–Trinajstić information content (AvgIpc) is 2.58. The molecule has 0 unspecified atom stereocenters. The minimum atomic E-state index is 0.144.